The van der Waals surface area contributed by atoms with E-state index in [1.165, 1.54) is 80.1 Å². The Hall–Kier alpha value is -1.78. The van der Waals surface area contributed by atoms with Crippen LogP contribution in [-0.2, 0) is 0 Å². The highest BCUT2D eigenvalue weighted by Crippen LogP contribution is 2.39. The Bertz CT molecular complexity index is 728. The van der Waals surface area contributed by atoms with Crippen LogP contribution in [0.25, 0.3) is 0 Å². The highest BCUT2D eigenvalue weighted by Gasteiger charge is 2.22. The lowest BCUT2D eigenvalue weighted by atomic mass is 9.77. The van der Waals surface area contributed by atoms with Crippen LogP contribution in [0.1, 0.15) is 78.1 Å². The van der Waals surface area contributed by atoms with Crippen LogP contribution in [0.4, 0.5) is 0 Å². The zero-order chi connectivity index (χ0) is 19.1. The molecule has 0 aliphatic heterocycles. The molecule has 0 saturated heterocycles. The van der Waals surface area contributed by atoms with Gasteiger partial charge in [0, 0.05) is 0 Å². The van der Waals surface area contributed by atoms with Gasteiger partial charge in [-0.05, 0) is 85.5 Å². The Kier molecular flexibility index (Phi) is 7.36. The second kappa shape index (κ2) is 9.95. The smallest absolute Gasteiger partial charge is 0.00314 e. The zero-order valence-corrected chi connectivity index (χ0v) is 17.4. The second-order valence-electron chi connectivity index (χ2n) is 8.46. The molecule has 0 aromatic carbocycles. The summed E-state index contributed by atoms with van der Waals surface area (Å²) in [6.07, 6.45) is 26.9. The minimum Gasteiger partial charge on any atom is -0.125 e. The molecule has 0 saturated carbocycles. The van der Waals surface area contributed by atoms with Gasteiger partial charge in [0.05, 0.1) is 0 Å². The van der Waals surface area contributed by atoms with E-state index in [4.69, 9.17) is 0 Å². The summed E-state index contributed by atoms with van der Waals surface area (Å²) in [6, 6.07) is 0. The summed E-state index contributed by atoms with van der Waals surface area (Å²) in [4.78, 5) is 0. The van der Waals surface area contributed by atoms with Crippen LogP contribution in [-0.4, -0.2) is 0 Å². The number of fused-ring (bicyclic) bond motifs is 1. The molecule has 0 N–H and O–H groups in total. The fourth-order valence-electron chi connectivity index (χ4n) is 4.61. The molecule has 0 heterocycles. The fourth-order valence-corrected chi connectivity index (χ4v) is 4.61. The molecule has 0 radical (unpaired) electrons. The molecule has 0 fully saturated rings. The summed E-state index contributed by atoms with van der Waals surface area (Å²) in [5, 5.41) is 0. The van der Waals surface area contributed by atoms with Crippen molar-refractivity contribution < 1.29 is 0 Å². The van der Waals surface area contributed by atoms with Gasteiger partial charge in [0.2, 0.25) is 0 Å². The molecule has 0 heteroatoms. The molecule has 0 spiro atoms. The molecule has 144 valence electrons. The van der Waals surface area contributed by atoms with Gasteiger partial charge < -0.3 is 0 Å². The van der Waals surface area contributed by atoms with Gasteiger partial charge in [0.15, 0.2) is 0 Å². The van der Waals surface area contributed by atoms with Crippen molar-refractivity contribution in [1.82, 2.24) is 0 Å². The topological polar surface area (TPSA) is 0 Å². The largest absolute Gasteiger partial charge is 0.125 e. The van der Waals surface area contributed by atoms with Crippen LogP contribution in [0.5, 0.6) is 0 Å². The Balaban J connectivity index is 1.53. The molecular formula is C27H36. The normalized spacial score (nSPS) is 24.2. The molecule has 27 heavy (non-hydrogen) atoms. The average molecular weight is 361 g/mol. The quantitative estimate of drug-likeness (QED) is 0.383. The van der Waals surface area contributed by atoms with Crippen LogP contribution in [0, 0.1) is 11.8 Å². The monoisotopic (exact) mass is 360 g/mol. The fraction of sp³-hybridized carbons (Fsp3) is 0.519. The first-order valence-corrected chi connectivity index (χ1v) is 11.1. The first-order valence-electron chi connectivity index (χ1n) is 11.1. The van der Waals surface area contributed by atoms with E-state index in [2.05, 4.69) is 62.6 Å². The summed E-state index contributed by atoms with van der Waals surface area (Å²) in [6.45, 7) is 8.65. The summed E-state index contributed by atoms with van der Waals surface area (Å²) in [5.41, 5.74) is 10.6. The van der Waals surface area contributed by atoms with Gasteiger partial charge in [-0.15, -0.1) is 5.73 Å². The van der Waals surface area contributed by atoms with Gasteiger partial charge in [0.1, 0.15) is 0 Å². The lowest BCUT2D eigenvalue weighted by molar-refractivity contribution is 0.553. The van der Waals surface area contributed by atoms with E-state index in [0.717, 1.165) is 12.3 Å². The number of hydrogen-bond acceptors (Lipinski definition) is 0. The van der Waals surface area contributed by atoms with Gasteiger partial charge in [-0.2, -0.15) is 0 Å². The predicted molar refractivity (Wildman–Crippen MR) is 119 cm³/mol. The van der Waals surface area contributed by atoms with E-state index in [9.17, 15) is 0 Å². The summed E-state index contributed by atoms with van der Waals surface area (Å²) in [7, 11) is 0. The average Bonchev–Trinajstić information content (AvgIpc) is 2.70. The van der Waals surface area contributed by atoms with Gasteiger partial charge in [-0.25, -0.2) is 0 Å². The molecule has 0 bridgehead atoms. The van der Waals surface area contributed by atoms with Crippen LogP contribution in [0.2, 0.25) is 0 Å². The predicted octanol–water partition coefficient (Wildman–Crippen LogP) is 8.17. The molecule has 3 rings (SSSR count). The molecule has 3 aliphatic rings. The van der Waals surface area contributed by atoms with Gasteiger partial charge in [-0.3, -0.25) is 0 Å². The van der Waals surface area contributed by atoms with Crippen molar-refractivity contribution in [2.75, 3.05) is 0 Å². The maximum atomic E-state index is 4.01. The summed E-state index contributed by atoms with van der Waals surface area (Å²) >= 11 is 0. The highest BCUT2D eigenvalue weighted by atomic mass is 14.3. The van der Waals surface area contributed by atoms with Crippen LogP contribution < -0.4 is 0 Å². The Morgan fingerprint density at radius 3 is 2.78 bits per heavy atom. The second-order valence-corrected chi connectivity index (χ2v) is 8.46. The first kappa shape index (κ1) is 20.0. The highest BCUT2D eigenvalue weighted by molar-refractivity contribution is 5.52. The van der Waals surface area contributed by atoms with Crippen molar-refractivity contribution in [3.05, 3.63) is 76.6 Å². The lowest BCUT2D eigenvalue weighted by Gasteiger charge is -2.28. The Morgan fingerprint density at radius 1 is 1.19 bits per heavy atom. The molecular weight excluding hydrogens is 324 g/mol. The number of rotatable bonds is 8. The summed E-state index contributed by atoms with van der Waals surface area (Å²) < 4.78 is 0. The summed E-state index contributed by atoms with van der Waals surface area (Å²) in [5.74, 6) is 1.36. The van der Waals surface area contributed by atoms with Crippen LogP contribution >= 0.6 is 0 Å². The van der Waals surface area contributed by atoms with E-state index in [1.807, 2.05) is 0 Å². The van der Waals surface area contributed by atoms with E-state index in [0.29, 0.717) is 5.92 Å². The molecule has 0 amide bonds. The third-order valence-corrected chi connectivity index (χ3v) is 6.31. The molecule has 0 aromatic heterocycles. The maximum Gasteiger partial charge on any atom is -0.00314 e. The standard InChI is InChI=1S/C27H36/c1-4-6-10-22-15-17-23(18-16-22)11-9-14-24(5-2)27-20-26-13-8-7-12-25(26)19-21(27)3/h12-13,15,17-18,20-22H,2,4,6-11,14,16,19H2,1,3H3. The van der Waals surface area contributed by atoms with E-state index in [1.54, 1.807) is 5.57 Å². The van der Waals surface area contributed by atoms with Crippen LogP contribution in [0.15, 0.2) is 76.6 Å². The van der Waals surface area contributed by atoms with E-state index >= 15 is 0 Å². The van der Waals surface area contributed by atoms with Crippen LogP contribution in [0.3, 0.4) is 0 Å². The molecule has 2 unspecified atom stereocenters. The lowest BCUT2D eigenvalue weighted by Crippen LogP contribution is -2.12. The van der Waals surface area contributed by atoms with Crippen molar-refractivity contribution in [3.63, 3.8) is 0 Å². The third kappa shape index (κ3) is 5.36. The number of unbranched alkanes of at least 4 members (excludes halogenated alkanes) is 1. The Labute approximate surface area is 166 Å². The van der Waals surface area contributed by atoms with Crippen molar-refractivity contribution in [2.24, 2.45) is 11.8 Å². The minimum atomic E-state index is 0.587. The molecule has 0 nitrogen and oxygen atoms in total. The number of hydrogen-bond donors (Lipinski definition) is 0. The molecule has 3 aliphatic carbocycles. The van der Waals surface area contributed by atoms with Crippen molar-refractivity contribution in [2.45, 2.75) is 78.1 Å². The van der Waals surface area contributed by atoms with Gasteiger partial charge >= 0.3 is 0 Å². The van der Waals surface area contributed by atoms with Crippen molar-refractivity contribution in [1.29, 1.82) is 0 Å². The van der Waals surface area contributed by atoms with Crippen molar-refractivity contribution >= 4 is 0 Å². The van der Waals surface area contributed by atoms with Gasteiger partial charge in [-0.1, -0.05) is 75.3 Å². The van der Waals surface area contributed by atoms with E-state index in [-0.39, 0.29) is 0 Å². The number of allylic oxidation sites excluding steroid dienone is 11. The third-order valence-electron chi connectivity index (χ3n) is 6.31. The van der Waals surface area contributed by atoms with Crippen molar-refractivity contribution in [3.8, 4) is 0 Å². The minimum absolute atomic E-state index is 0.587. The first-order chi connectivity index (χ1) is 13.2. The Morgan fingerprint density at radius 2 is 2.04 bits per heavy atom. The van der Waals surface area contributed by atoms with Gasteiger partial charge in [0.25, 0.3) is 0 Å². The molecule has 2 atom stereocenters. The maximum absolute atomic E-state index is 4.01. The SMILES string of the molecule is C=C=C(CCCC1=CCC(CCCC)C=C1)C1=CC2=CCCC=C2CC1C. The molecule has 0 aromatic rings. The zero-order valence-electron chi connectivity index (χ0n) is 17.4. The van der Waals surface area contributed by atoms with E-state index < -0.39 is 0 Å².